The molecule has 102 valence electrons. The van der Waals surface area contributed by atoms with E-state index in [0.29, 0.717) is 0 Å². The highest BCUT2D eigenvalue weighted by Gasteiger charge is 2.51. The van der Waals surface area contributed by atoms with Crippen molar-refractivity contribution < 1.29 is 9.90 Å². The van der Waals surface area contributed by atoms with Crippen LogP contribution in [0.5, 0.6) is 0 Å². The van der Waals surface area contributed by atoms with Gasteiger partial charge in [-0.1, -0.05) is 24.3 Å². The van der Waals surface area contributed by atoms with Crippen molar-refractivity contribution >= 4 is 5.97 Å². The number of benzene rings is 1. The number of carbonyl (C=O) groups is 1. The monoisotopic (exact) mass is 260 g/mol. The van der Waals surface area contributed by atoms with E-state index in [9.17, 15) is 9.90 Å². The molecule has 0 radical (unpaired) electrons. The first-order chi connectivity index (χ1) is 9.21. The molecule has 4 heteroatoms. The summed E-state index contributed by atoms with van der Waals surface area (Å²) >= 11 is 0. The van der Waals surface area contributed by atoms with Crippen LogP contribution in [0.15, 0.2) is 24.3 Å². The van der Waals surface area contributed by atoms with E-state index in [1.165, 1.54) is 5.56 Å². The van der Waals surface area contributed by atoms with Gasteiger partial charge in [-0.05, 0) is 24.0 Å². The first-order valence-corrected chi connectivity index (χ1v) is 6.97. The van der Waals surface area contributed by atoms with E-state index < -0.39 is 11.4 Å². The Morgan fingerprint density at radius 3 is 2.37 bits per heavy atom. The molecule has 0 bridgehead atoms. The fraction of sp³-hybridized carbons (Fsp3) is 0.533. The summed E-state index contributed by atoms with van der Waals surface area (Å²) in [7, 11) is 0. The van der Waals surface area contributed by atoms with Crippen molar-refractivity contribution in [1.82, 2.24) is 10.2 Å². The molecule has 2 N–H and O–H groups in total. The Morgan fingerprint density at radius 2 is 1.84 bits per heavy atom. The molecule has 0 unspecified atom stereocenters. The normalized spacial score (nSPS) is 22.1. The van der Waals surface area contributed by atoms with Gasteiger partial charge in [0.1, 0.15) is 0 Å². The maximum absolute atomic E-state index is 11.3. The van der Waals surface area contributed by atoms with Gasteiger partial charge in [0.2, 0.25) is 0 Å². The number of aliphatic carboxylic acids is 1. The highest BCUT2D eigenvalue weighted by molar-refractivity contribution is 5.84. The number of hydrogen-bond donors (Lipinski definition) is 2. The summed E-state index contributed by atoms with van der Waals surface area (Å²) in [5.74, 6) is -0.678. The van der Waals surface area contributed by atoms with E-state index in [0.717, 1.165) is 51.1 Å². The van der Waals surface area contributed by atoms with Gasteiger partial charge >= 0.3 is 5.97 Å². The molecule has 0 aromatic heterocycles. The molecule has 0 spiro atoms. The zero-order valence-corrected chi connectivity index (χ0v) is 11.1. The third-order valence-electron chi connectivity index (χ3n) is 4.28. The molecule has 2 fully saturated rings. The lowest BCUT2D eigenvalue weighted by Crippen LogP contribution is -2.42. The summed E-state index contributed by atoms with van der Waals surface area (Å²) in [5, 5.41) is 12.6. The van der Waals surface area contributed by atoms with Gasteiger partial charge in [0.25, 0.3) is 0 Å². The van der Waals surface area contributed by atoms with E-state index in [4.69, 9.17) is 0 Å². The third kappa shape index (κ3) is 2.51. The Morgan fingerprint density at radius 1 is 1.21 bits per heavy atom. The van der Waals surface area contributed by atoms with Gasteiger partial charge in [0, 0.05) is 32.7 Å². The number of nitrogens with zero attached hydrogens (tertiary/aromatic N) is 1. The number of piperazine rings is 1. The summed E-state index contributed by atoms with van der Waals surface area (Å²) in [6.07, 6.45) is 1.55. The van der Waals surface area contributed by atoms with E-state index >= 15 is 0 Å². The van der Waals surface area contributed by atoms with Crippen LogP contribution >= 0.6 is 0 Å². The standard InChI is InChI=1S/C15H20N2O2/c18-14(19)15(5-6-15)13-3-1-12(2-4-13)11-17-9-7-16-8-10-17/h1-4,16H,5-11H2,(H,18,19). The van der Waals surface area contributed by atoms with E-state index in [1.807, 2.05) is 12.1 Å². The maximum atomic E-state index is 11.3. The molecule has 19 heavy (non-hydrogen) atoms. The second-order valence-corrected chi connectivity index (χ2v) is 5.61. The fourth-order valence-corrected chi connectivity index (χ4v) is 2.81. The van der Waals surface area contributed by atoms with Crippen LogP contribution in [0.4, 0.5) is 0 Å². The van der Waals surface area contributed by atoms with Crippen LogP contribution in [-0.2, 0) is 16.8 Å². The minimum atomic E-state index is -0.678. The smallest absolute Gasteiger partial charge is 0.314 e. The fourth-order valence-electron chi connectivity index (χ4n) is 2.81. The van der Waals surface area contributed by atoms with Gasteiger partial charge in [0.05, 0.1) is 5.41 Å². The molecule has 1 aliphatic carbocycles. The molecular formula is C15H20N2O2. The van der Waals surface area contributed by atoms with Gasteiger partial charge in [-0.25, -0.2) is 0 Å². The summed E-state index contributed by atoms with van der Waals surface area (Å²) < 4.78 is 0. The minimum absolute atomic E-state index is 0.576. The third-order valence-corrected chi connectivity index (χ3v) is 4.28. The Hall–Kier alpha value is -1.39. The predicted molar refractivity (Wildman–Crippen MR) is 73.1 cm³/mol. The van der Waals surface area contributed by atoms with Crippen molar-refractivity contribution in [1.29, 1.82) is 0 Å². The van der Waals surface area contributed by atoms with Gasteiger partial charge in [-0.3, -0.25) is 9.69 Å². The molecule has 1 heterocycles. The average Bonchev–Trinajstić information content (AvgIpc) is 3.22. The van der Waals surface area contributed by atoms with Crippen molar-refractivity contribution in [3.05, 3.63) is 35.4 Å². The Bertz CT molecular complexity index is 460. The lowest BCUT2D eigenvalue weighted by atomic mass is 9.95. The molecule has 1 aliphatic heterocycles. The lowest BCUT2D eigenvalue weighted by Gasteiger charge is -2.27. The van der Waals surface area contributed by atoms with Crippen LogP contribution in [0, 0.1) is 0 Å². The topological polar surface area (TPSA) is 52.6 Å². The quantitative estimate of drug-likeness (QED) is 0.854. The molecule has 1 aromatic rings. The number of rotatable bonds is 4. The molecule has 3 rings (SSSR count). The van der Waals surface area contributed by atoms with E-state index in [1.54, 1.807) is 0 Å². The Balaban J connectivity index is 1.67. The second-order valence-electron chi connectivity index (χ2n) is 5.61. The summed E-state index contributed by atoms with van der Waals surface area (Å²) in [6.45, 7) is 5.24. The van der Waals surface area contributed by atoms with Gasteiger partial charge in [-0.15, -0.1) is 0 Å². The molecule has 4 nitrogen and oxygen atoms in total. The minimum Gasteiger partial charge on any atom is -0.481 e. The van der Waals surface area contributed by atoms with Crippen molar-refractivity contribution in [2.24, 2.45) is 0 Å². The lowest BCUT2D eigenvalue weighted by molar-refractivity contribution is -0.140. The number of hydrogen-bond acceptors (Lipinski definition) is 3. The van der Waals surface area contributed by atoms with Crippen molar-refractivity contribution in [2.75, 3.05) is 26.2 Å². The summed E-state index contributed by atoms with van der Waals surface area (Å²) in [6, 6.07) is 8.16. The predicted octanol–water partition coefficient (Wildman–Crippen LogP) is 1.21. The first kappa shape index (κ1) is 12.6. The molecule has 1 aromatic carbocycles. The maximum Gasteiger partial charge on any atom is 0.314 e. The van der Waals surface area contributed by atoms with Gasteiger partial charge in [-0.2, -0.15) is 0 Å². The highest BCUT2D eigenvalue weighted by atomic mass is 16.4. The summed E-state index contributed by atoms with van der Waals surface area (Å²) in [4.78, 5) is 13.7. The van der Waals surface area contributed by atoms with Crippen LogP contribution in [0.1, 0.15) is 24.0 Å². The van der Waals surface area contributed by atoms with Crippen molar-refractivity contribution in [3.8, 4) is 0 Å². The number of nitrogens with one attached hydrogen (secondary N) is 1. The molecular weight excluding hydrogens is 240 g/mol. The largest absolute Gasteiger partial charge is 0.481 e. The molecule has 0 amide bonds. The van der Waals surface area contributed by atoms with Crippen LogP contribution in [0.3, 0.4) is 0 Å². The Labute approximate surface area is 113 Å². The second kappa shape index (κ2) is 4.94. The SMILES string of the molecule is O=C(O)C1(c2ccc(CN3CCNCC3)cc2)CC1. The Kier molecular flexibility index (Phi) is 3.29. The van der Waals surface area contributed by atoms with E-state index in [-0.39, 0.29) is 0 Å². The van der Waals surface area contributed by atoms with Gasteiger partial charge < -0.3 is 10.4 Å². The highest BCUT2D eigenvalue weighted by Crippen LogP contribution is 2.48. The van der Waals surface area contributed by atoms with Gasteiger partial charge in [0.15, 0.2) is 0 Å². The van der Waals surface area contributed by atoms with Crippen LogP contribution < -0.4 is 5.32 Å². The first-order valence-electron chi connectivity index (χ1n) is 6.97. The van der Waals surface area contributed by atoms with Crippen LogP contribution in [0.25, 0.3) is 0 Å². The van der Waals surface area contributed by atoms with Crippen LogP contribution in [0.2, 0.25) is 0 Å². The zero-order chi connectivity index (χ0) is 13.3. The van der Waals surface area contributed by atoms with Crippen LogP contribution in [-0.4, -0.2) is 42.2 Å². The molecule has 0 atom stereocenters. The molecule has 1 saturated carbocycles. The number of carboxylic acids is 1. The van der Waals surface area contributed by atoms with Crippen molar-refractivity contribution in [3.63, 3.8) is 0 Å². The number of carboxylic acid groups (broad SMARTS) is 1. The summed E-state index contributed by atoms with van der Waals surface area (Å²) in [5.41, 5.74) is 1.66. The molecule has 2 aliphatic rings. The van der Waals surface area contributed by atoms with Crippen molar-refractivity contribution in [2.45, 2.75) is 24.8 Å². The molecule has 1 saturated heterocycles. The average molecular weight is 260 g/mol. The van der Waals surface area contributed by atoms with E-state index in [2.05, 4.69) is 22.3 Å². The zero-order valence-electron chi connectivity index (χ0n) is 11.1.